The summed E-state index contributed by atoms with van der Waals surface area (Å²) < 4.78 is 0.931. The number of benzene rings is 1. The number of carbonyl (C=O) groups excluding carboxylic acids is 2. The van der Waals surface area contributed by atoms with Crippen LogP contribution in [-0.2, 0) is 9.59 Å². The van der Waals surface area contributed by atoms with Crippen LogP contribution in [0, 0.1) is 0 Å². The summed E-state index contributed by atoms with van der Waals surface area (Å²) in [4.78, 5) is 35.0. The van der Waals surface area contributed by atoms with Crippen molar-refractivity contribution in [3.05, 3.63) is 53.0 Å². The fourth-order valence-electron chi connectivity index (χ4n) is 2.29. The molecule has 0 spiro atoms. The molecule has 0 aliphatic carbocycles. The van der Waals surface area contributed by atoms with Crippen molar-refractivity contribution >= 4 is 66.8 Å². The SMILES string of the molecule is C=CCN1C(=O)C(CC(=O)Nc2ccc(Br)cc2)S/C1=N\c1nccs1. The minimum Gasteiger partial charge on any atom is -0.326 e. The standard InChI is InChI=1S/C17H15BrN4O2S2/c1-2-8-22-15(24)13(26-17(22)21-16-19-7-9-25-16)10-14(23)20-12-5-3-11(18)4-6-12/h2-7,9,13H,1,8,10H2,(H,20,23)/b21-17-. The maximum absolute atomic E-state index is 12.6. The minimum absolute atomic E-state index is 0.0735. The summed E-state index contributed by atoms with van der Waals surface area (Å²) in [5.41, 5.74) is 0.688. The summed E-state index contributed by atoms with van der Waals surface area (Å²) >= 11 is 6.02. The van der Waals surface area contributed by atoms with E-state index < -0.39 is 5.25 Å². The summed E-state index contributed by atoms with van der Waals surface area (Å²) in [6.45, 7) is 4.03. The molecule has 2 amide bonds. The number of hydrogen-bond donors (Lipinski definition) is 1. The molecule has 1 atom stereocenters. The minimum atomic E-state index is -0.510. The fraction of sp³-hybridized carbons (Fsp3) is 0.176. The highest BCUT2D eigenvalue weighted by Crippen LogP contribution is 2.32. The Bertz CT molecular complexity index is 837. The molecule has 134 valence electrons. The first-order chi connectivity index (χ1) is 12.6. The first-order valence-corrected chi connectivity index (χ1v) is 10.2. The molecule has 1 aliphatic rings. The Morgan fingerprint density at radius 2 is 2.19 bits per heavy atom. The number of carbonyl (C=O) groups is 2. The van der Waals surface area contributed by atoms with Crippen LogP contribution in [0.2, 0.25) is 0 Å². The van der Waals surface area contributed by atoms with E-state index in [9.17, 15) is 9.59 Å². The Morgan fingerprint density at radius 1 is 1.42 bits per heavy atom. The van der Waals surface area contributed by atoms with Gasteiger partial charge in [0.1, 0.15) is 5.25 Å². The van der Waals surface area contributed by atoms with Gasteiger partial charge in [-0.25, -0.2) is 4.98 Å². The molecule has 1 aromatic heterocycles. The molecule has 2 aromatic rings. The molecule has 9 heteroatoms. The summed E-state index contributed by atoms with van der Waals surface area (Å²) in [6.07, 6.45) is 3.37. The predicted molar refractivity (Wildman–Crippen MR) is 110 cm³/mol. The third-order valence-corrected chi connectivity index (χ3v) is 5.81. The van der Waals surface area contributed by atoms with Crippen molar-refractivity contribution in [3.63, 3.8) is 0 Å². The van der Waals surface area contributed by atoms with Gasteiger partial charge in [-0.2, -0.15) is 4.99 Å². The Kier molecular flexibility index (Phi) is 6.23. The number of amidine groups is 1. The summed E-state index contributed by atoms with van der Waals surface area (Å²) in [7, 11) is 0. The lowest BCUT2D eigenvalue weighted by molar-refractivity contribution is -0.127. The smallest absolute Gasteiger partial charge is 0.242 e. The number of anilines is 1. The van der Waals surface area contributed by atoms with Crippen molar-refractivity contribution in [1.29, 1.82) is 0 Å². The van der Waals surface area contributed by atoms with Crippen LogP contribution in [0.5, 0.6) is 0 Å². The van der Waals surface area contributed by atoms with Gasteiger partial charge in [0, 0.05) is 34.7 Å². The zero-order valence-electron chi connectivity index (χ0n) is 13.6. The van der Waals surface area contributed by atoms with Gasteiger partial charge >= 0.3 is 0 Å². The van der Waals surface area contributed by atoms with E-state index in [1.165, 1.54) is 28.0 Å². The van der Waals surface area contributed by atoms with E-state index in [0.717, 1.165) is 4.47 Å². The molecule has 26 heavy (non-hydrogen) atoms. The molecule has 1 unspecified atom stereocenters. The number of amides is 2. The van der Waals surface area contributed by atoms with Crippen molar-refractivity contribution in [1.82, 2.24) is 9.88 Å². The number of nitrogens with one attached hydrogen (secondary N) is 1. The van der Waals surface area contributed by atoms with Gasteiger partial charge in [0.05, 0.1) is 0 Å². The van der Waals surface area contributed by atoms with Crippen LogP contribution in [0.25, 0.3) is 0 Å². The first-order valence-electron chi connectivity index (χ1n) is 7.69. The predicted octanol–water partition coefficient (Wildman–Crippen LogP) is 4.05. The number of hydrogen-bond acceptors (Lipinski definition) is 6. The van der Waals surface area contributed by atoms with Gasteiger partial charge < -0.3 is 5.32 Å². The Labute approximate surface area is 167 Å². The highest BCUT2D eigenvalue weighted by Gasteiger charge is 2.38. The lowest BCUT2D eigenvalue weighted by Gasteiger charge is -2.13. The number of halogens is 1. The zero-order valence-corrected chi connectivity index (χ0v) is 16.8. The van der Waals surface area contributed by atoms with Gasteiger partial charge in [-0.3, -0.25) is 14.5 Å². The van der Waals surface area contributed by atoms with Crippen LogP contribution in [0.3, 0.4) is 0 Å². The Morgan fingerprint density at radius 3 is 2.85 bits per heavy atom. The molecule has 0 radical (unpaired) electrons. The fourth-order valence-corrected chi connectivity index (χ4v) is 4.26. The number of nitrogens with zero attached hydrogens (tertiary/aromatic N) is 3. The lowest BCUT2D eigenvalue weighted by Crippen LogP contribution is -2.33. The lowest BCUT2D eigenvalue weighted by atomic mass is 10.2. The highest BCUT2D eigenvalue weighted by atomic mass is 79.9. The van der Waals surface area contributed by atoms with Gasteiger partial charge in [0.15, 0.2) is 5.17 Å². The third kappa shape index (κ3) is 4.60. The zero-order chi connectivity index (χ0) is 18.5. The van der Waals surface area contributed by atoms with E-state index in [-0.39, 0.29) is 18.2 Å². The number of aromatic nitrogens is 1. The normalized spacial score (nSPS) is 18.3. The molecule has 3 rings (SSSR count). The van der Waals surface area contributed by atoms with Crippen LogP contribution < -0.4 is 5.32 Å². The van der Waals surface area contributed by atoms with Crippen molar-refractivity contribution in [2.24, 2.45) is 4.99 Å². The number of thiazole rings is 1. The van der Waals surface area contributed by atoms with Gasteiger partial charge in [-0.1, -0.05) is 33.8 Å². The van der Waals surface area contributed by atoms with Crippen LogP contribution in [0.1, 0.15) is 6.42 Å². The largest absolute Gasteiger partial charge is 0.326 e. The van der Waals surface area contributed by atoms with Crippen LogP contribution >= 0.6 is 39.0 Å². The maximum atomic E-state index is 12.6. The van der Waals surface area contributed by atoms with Crippen molar-refractivity contribution in [3.8, 4) is 0 Å². The summed E-state index contributed by atoms with van der Waals surface area (Å²) in [5, 5.41) is 5.25. The molecule has 0 saturated carbocycles. The topological polar surface area (TPSA) is 74.7 Å². The van der Waals surface area contributed by atoms with Gasteiger partial charge in [0.25, 0.3) is 0 Å². The first kappa shape index (κ1) is 18.8. The third-order valence-electron chi connectivity index (χ3n) is 3.44. The van der Waals surface area contributed by atoms with Crippen molar-refractivity contribution in [2.45, 2.75) is 11.7 Å². The molecule has 2 heterocycles. The average Bonchev–Trinajstić information content (AvgIpc) is 3.22. The van der Waals surface area contributed by atoms with Gasteiger partial charge in [0.2, 0.25) is 16.9 Å². The number of rotatable bonds is 6. The van der Waals surface area contributed by atoms with Crippen LogP contribution in [-0.4, -0.2) is 38.7 Å². The second-order valence-corrected chi connectivity index (χ2v) is 8.27. The summed E-state index contributed by atoms with van der Waals surface area (Å²) in [6, 6.07) is 7.28. The monoisotopic (exact) mass is 450 g/mol. The van der Waals surface area contributed by atoms with Crippen LogP contribution in [0.4, 0.5) is 10.8 Å². The molecule has 1 aliphatic heterocycles. The molecule has 6 nitrogen and oxygen atoms in total. The quantitative estimate of drug-likeness (QED) is 0.673. The van der Waals surface area contributed by atoms with E-state index in [2.05, 4.69) is 37.8 Å². The highest BCUT2D eigenvalue weighted by molar-refractivity contribution is 9.10. The van der Waals surface area contributed by atoms with Gasteiger partial charge in [-0.15, -0.1) is 17.9 Å². The molecular formula is C17H15BrN4O2S2. The molecule has 1 aromatic carbocycles. The Balaban J connectivity index is 1.69. The molecule has 1 fully saturated rings. The number of thioether (sulfide) groups is 1. The molecule has 1 N–H and O–H groups in total. The molecular weight excluding hydrogens is 436 g/mol. The van der Waals surface area contributed by atoms with Crippen LogP contribution in [0.15, 0.2) is 58.0 Å². The van der Waals surface area contributed by atoms with E-state index in [1.807, 2.05) is 17.5 Å². The average molecular weight is 451 g/mol. The van der Waals surface area contributed by atoms with Crippen molar-refractivity contribution < 1.29 is 9.59 Å². The van der Waals surface area contributed by atoms with Crippen molar-refractivity contribution in [2.75, 3.05) is 11.9 Å². The van der Waals surface area contributed by atoms with E-state index in [0.29, 0.717) is 22.5 Å². The second-order valence-electron chi connectivity index (χ2n) is 5.31. The van der Waals surface area contributed by atoms with E-state index in [4.69, 9.17) is 0 Å². The summed E-state index contributed by atoms with van der Waals surface area (Å²) in [5.74, 6) is -0.358. The maximum Gasteiger partial charge on any atom is 0.242 e. The van der Waals surface area contributed by atoms with Gasteiger partial charge in [-0.05, 0) is 24.3 Å². The molecule has 1 saturated heterocycles. The Hall–Kier alpha value is -1.97. The second kappa shape index (κ2) is 8.61. The van der Waals surface area contributed by atoms with E-state index in [1.54, 1.807) is 24.4 Å². The molecule has 0 bridgehead atoms. The van der Waals surface area contributed by atoms with E-state index >= 15 is 0 Å². The number of aliphatic imine (C=N–C) groups is 1.